The second-order valence-corrected chi connectivity index (χ2v) is 7.27. The number of alkyl halides is 1. The number of rotatable bonds is 6. The molecule has 4 nitrogen and oxygen atoms in total. The maximum absolute atomic E-state index is 14.5. The normalized spacial score (nSPS) is 19.4. The van der Waals surface area contributed by atoms with E-state index in [-0.39, 0.29) is 24.6 Å². The molecule has 142 valence electrons. The molecule has 1 atom stereocenters. The van der Waals surface area contributed by atoms with E-state index in [0.717, 1.165) is 15.6 Å². The van der Waals surface area contributed by atoms with Gasteiger partial charge in [0.2, 0.25) is 0 Å². The Balaban J connectivity index is 1.88. The summed E-state index contributed by atoms with van der Waals surface area (Å²) in [6.07, 6.45) is 1.77. The Bertz CT molecular complexity index is 888. The molecule has 0 spiro atoms. The first-order chi connectivity index (χ1) is 13.0. The molecule has 0 saturated heterocycles. The van der Waals surface area contributed by atoms with Gasteiger partial charge in [-0.25, -0.2) is 8.78 Å². The lowest BCUT2D eigenvalue weighted by Gasteiger charge is -2.31. The molecular weight excluding hydrogens is 416 g/mol. The van der Waals surface area contributed by atoms with Gasteiger partial charge in [0.1, 0.15) is 30.5 Å². The number of anilines is 1. The summed E-state index contributed by atoms with van der Waals surface area (Å²) < 4.78 is 34.6. The van der Waals surface area contributed by atoms with Crippen molar-refractivity contribution in [1.82, 2.24) is 0 Å². The zero-order chi connectivity index (χ0) is 19.4. The fourth-order valence-corrected chi connectivity index (χ4v) is 3.43. The van der Waals surface area contributed by atoms with Crippen LogP contribution in [0.1, 0.15) is 16.7 Å². The van der Waals surface area contributed by atoms with Gasteiger partial charge in [-0.15, -0.1) is 0 Å². The Labute approximate surface area is 165 Å². The largest absolute Gasteiger partial charge is 0.385 e. The second kappa shape index (κ2) is 8.19. The quantitative estimate of drug-likeness (QED) is 0.706. The van der Waals surface area contributed by atoms with Crippen molar-refractivity contribution in [3.05, 3.63) is 70.0 Å². The molecule has 0 bridgehead atoms. The van der Waals surface area contributed by atoms with Crippen molar-refractivity contribution in [2.75, 3.05) is 25.2 Å². The van der Waals surface area contributed by atoms with E-state index in [1.54, 1.807) is 18.2 Å². The van der Waals surface area contributed by atoms with E-state index >= 15 is 0 Å². The first kappa shape index (κ1) is 19.5. The summed E-state index contributed by atoms with van der Waals surface area (Å²) in [6, 6.07) is 10.3. The van der Waals surface area contributed by atoms with Gasteiger partial charge in [-0.05, 0) is 41.5 Å². The molecule has 0 amide bonds. The van der Waals surface area contributed by atoms with E-state index < -0.39 is 18.0 Å². The molecule has 3 rings (SSSR count). The SMILES string of the molecule is C=Cc1cc(Br)ccc1CNc1ccc(F)c(C2(CF)COCC(N)=N2)c1. The minimum absolute atomic E-state index is 0.0576. The highest BCUT2D eigenvalue weighted by atomic mass is 79.9. The van der Waals surface area contributed by atoms with Crippen molar-refractivity contribution in [3.8, 4) is 0 Å². The zero-order valence-electron chi connectivity index (χ0n) is 14.6. The average Bonchev–Trinajstić information content (AvgIpc) is 2.67. The number of aliphatic imine (C=N–C) groups is 1. The standard InChI is InChI=1S/C20H20BrF2N3O/c1-2-13-7-15(21)4-3-14(13)9-25-16-5-6-18(23)17(8-16)20(11-22)12-27-10-19(24)26-20/h2-8,25H,1,9-12H2,(H2,24,26). The first-order valence-corrected chi connectivity index (χ1v) is 9.19. The number of hydrogen-bond donors (Lipinski definition) is 2. The van der Waals surface area contributed by atoms with Crippen LogP contribution in [-0.2, 0) is 16.8 Å². The molecule has 0 saturated carbocycles. The third-order valence-electron chi connectivity index (χ3n) is 4.45. The predicted molar refractivity (Wildman–Crippen MR) is 108 cm³/mol. The lowest BCUT2D eigenvalue weighted by molar-refractivity contribution is 0.0809. The van der Waals surface area contributed by atoms with Gasteiger partial charge in [0.25, 0.3) is 0 Å². The number of nitrogens with one attached hydrogen (secondary N) is 1. The highest BCUT2D eigenvalue weighted by Crippen LogP contribution is 2.33. The second-order valence-electron chi connectivity index (χ2n) is 6.36. The summed E-state index contributed by atoms with van der Waals surface area (Å²) in [6.45, 7) is 3.49. The molecular formula is C20H20BrF2N3O. The van der Waals surface area contributed by atoms with Gasteiger partial charge in [-0.1, -0.05) is 34.7 Å². The van der Waals surface area contributed by atoms with Crippen LogP contribution in [0.5, 0.6) is 0 Å². The Kier molecular flexibility index (Phi) is 5.92. The van der Waals surface area contributed by atoms with Crippen LogP contribution in [0.15, 0.2) is 52.4 Å². The van der Waals surface area contributed by atoms with Gasteiger partial charge in [0.15, 0.2) is 0 Å². The number of hydrogen-bond acceptors (Lipinski definition) is 4. The van der Waals surface area contributed by atoms with Gasteiger partial charge < -0.3 is 15.8 Å². The number of ether oxygens (including phenoxy) is 1. The lowest BCUT2D eigenvalue weighted by Crippen LogP contribution is -2.42. The number of nitrogens with zero attached hydrogens (tertiary/aromatic N) is 1. The maximum Gasteiger partial charge on any atom is 0.142 e. The van der Waals surface area contributed by atoms with Crippen molar-refractivity contribution in [2.24, 2.45) is 10.7 Å². The van der Waals surface area contributed by atoms with Crippen LogP contribution in [0.2, 0.25) is 0 Å². The predicted octanol–water partition coefficient (Wildman–Crippen LogP) is 4.40. The van der Waals surface area contributed by atoms with Crippen LogP contribution in [0, 0.1) is 5.82 Å². The Morgan fingerprint density at radius 1 is 1.33 bits per heavy atom. The molecule has 1 aliphatic rings. The van der Waals surface area contributed by atoms with Gasteiger partial charge in [0, 0.05) is 22.3 Å². The van der Waals surface area contributed by atoms with E-state index in [2.05, 4.69) is 32.8 Å². The number of nitrogens with two attached hydrogens (primary N) is 1. The molecule has 0 fully saturated rings. The van der Waals surface area contributed by atoms with Crippen molar-refractivity contribution in [3.63, 3.8) is 0 Å². The molecule has 2 aromatic rings. The fourth-order valence-electron chi connectivity index (χ4n) is 3.05. The lowest BCUT2D eigenvalue weighted by atomic mass is 9.91. The van der Waals surface area contributed by atoms with Gasteiger partial charge in [0.05, 0.1) is 6.61 Å². The van der Waals surface area contributed by atoms with Crippen LogP contribution in [0.25, 0.3) is 6.08 Å². The summed E-state index contributed by atoms with van der Waals surface area (Å²) >= 11 is 3.43. The smallest absolute Gasteiger partial charge is 0.142 e. The van der Waals surface area contributed by atoms with Crippen LogP contribution < -0.4 is 11.1 Å². The molecule has 2 aromatic carbocycles. The summed E-state index contributed by atoms with van der Waals surface area (Å²) in [7, 11) is 0. The monoisotopic (exact) mass is 435 g/mol. The minimum atomic E-state index is -1.45. The van der Waals surface area contributed by atoms with E-state index in [0.29, 0.717) is 12.2 Å². The van der Waals surface area contributed by atoms with Gasteiger partial charge >= 0.3 is 0 Å². The van der Waals surface area contributed by atoms with Gasteiger partial charge in [-0.2, -0.15) is 0 Å². The molecule has 1 heterocycles. The summed E-state index contributed by atoms with van der Waals surface area (Å²) in [5, 5.41) is 3.24. The molecule has 3 N–H and O–H groups in total. The van der Waals surface area contributed by atoms with Crippen molar-refractivity contribution in [1.29, 1.82) is 0 Å². The topological polar surface area (TPSA) is 59.6 Å². The summed E-state index contributed by atoms with van der Waals surface area (Å²) in [4.78, 5) is 4.17. The molecule has 0 aromatic heterocycles. The van der Waals surface area contributed by atoms with E-state index in [1.165, 1.54) is 6.07 Å². The number of benzene rings is 2. The third-order valence-corrected chi connectivity index (χ3v) is 4.94. The first-order valence-electron chi connectivity index (χ1n) is 8.40. The molecule has 1 unspecified atom stereocenters. The average molecular weight is 436 g/mol. The molecule has 7 heteroatoms. The van der Waals surface area contributed by atoms with Crippen LogP contribution >= 0.6 is 15.9 Å². The molecule has 0 radical (unpaired) electrons. The minimum Gasteiger partial charge on any atom is -0.385 e. The highest BCUT2D eigenvalue weighted by Gasteiger charge is 2.38. The van der Waals surface area contributed by atoms with Crippen LogP contribution in [-0.4, -0.2) is 25.7 Å². The maximum atomic E-state index is 14.5. The summed E-state index contributed by atoms with van der Waals surface area (Å²) in [5.41, 5.74) is 7.03. The van der Waals surface area contributed by atoms with Crippen LogP contribution in [0.3, 0.4) is 0 Å². The Hall–Kier alpha value is -2.25. The Morgan fingerprint density at radius 2 is 2.15 bits per heavy atom. The highest BCUT2D eigenvalue weighted by molar-refractivity contribution is 9.10. The number of halogens is 3. The van der Waals surface area contributed by atoms with Crippen molar-refractivity contribution in [2.45, 2.75) is 12.1 Å². The van der Waals surface area contributed by atoms with Crippen LogP contribution in [0.4, 0.5) is 14.5 Å². The summed E-state index contributed by atoms with van der Waals surface area (Å²) in [5.74, 6) is -0.391. The van der Waals surface area contributed by atoms with E-state index in [1.807, 2.05) is 18.2 Å². The number of amidine groups is 1. The van der Waals surface area contributed by atoms with Crippen molar-refractivity contribution < 1.29 is 13.5 Å². The molecule has 1 aliphatic heterocycles. The van der Waals surface area contributed by atoms with E-state index in [4.69, 9.17) is 10.5 Å². The zero-order valence-corrected chi connectivity index (χ0v) is 16.2. The molecule has 27 heavy (non-hydrogen) atoms. The van der Waals surface area contributed by atoms with Gasteiger partial charge in [-0.3, -0.25) is 4.99 Å². The van der Waals surface area contributed by atoms with Crippen molar-refractivity contribution >= 4 is 33.5 Å². The Morgan fingerprint density at radius 3 is 2.85 bits per heavy atom. The fraction of sp³-hybridized carbons (Fsp3) is 0.250. The van der Waals surface area contributed by atoms with E-state index in [9.17, 15) is 8.78 Å². The third kappa shape index (κ3) is 4.20. The molecule has 0 aliphatic carbocycles.